The summed E-state index contributed by atoms with van der Waals surface area (Å²) >= 11 is 0. The largest absolute Gasteiger partial charge is 0.497 e. The quantitative estimate of drug-likeness (QED) is 0.592. The van der Waals surface area contributed by atoms with E-state index in [-0.39, 0.29) is 11.4 Å². The first-order chi connectivity index (χ1) is 8.73. The minimum absolute atomic E-state index is 0.0604. The number of carbonyl (C=O) groups is 1. The fraction of sp³-hybridized carbons (Fsp3) is 0.400. The Morgan fingerprint density at radius 3 is 2.72 bits per heavy atom. The van der Waals surface area contributed by atoms with Crippen LogP contribution in [0.15, 0.2) is 36.4 Å². The predicted molar refractivity (Wildman–Crippen MR) is 67.5 cm³/mol. The molecule has 0 N–H and O–H groups in total. The molecule has 0 saturated carbocycles. The van der Waals surface area contributed by atoms with Gasteiger partial charge in [0.05, 0.1) is 19.1 Å². The number of hydrogen-bond acceptors (Lipinski definition) is 3. The maximum atomic E-state index is 11.8. The molecule has 94 valence electrons. The van der Waals surface area contributed by atoms with Crippen LogP contribution in [0.2, 0.25) is 0 Å². The fourth-order valence-electron chi connectivity index (χ4n) is 2.82. The molecule has 1 fully saturated rings. The van der Waals surface area contributed by atoms with Gasteiger partial charge in [-0.25, -0.2) is 0 Å². The predicted octanol–water partition coefficient (Wildman–Crippen LogP) is 2.67. The van der Waals surface area contributed by atoms with E-state index in [1.54, 1.807) is 7.11 Å². The van der Waals surface area contributed by atoms with Gasteiger partial charge in [-0.2, -0.15) is 0 Å². The summed E-state index contributed by atoms with van der Waals surface area (Å²) in [7, 11) is 1.66. The third-order valence-corrected chi connectivity index (χ3v) is 3.96. The average molecular weight is 244 g/mol. The van der Waals surface area contributed by atoms with E-state index in [0.29, 0.717) is 12.5 Å². The maximum absolute atomic E-state index is 11.8. The van der Waals surface area contributed by atoms with Gasteiger partial charge >= 0.3 is 5.97 Å². The Kier molecular flexibility index (Phi) is 2.62. The van der Waals surface area contributed by atoms with Crippen LogP contribution >= 0.6 is 0 Å². The van der Waals surface area contributed by atoms with Crippen LogP contribution < -0.4 is 4.74 Å². The number of rotatable bonds is 2. The first-order valence-corrected chi connectivity index (χ1v) is 6.24. The van der Waals surface area contributed by atoms with Crippen molar-refractivity contribution in [1.29, 1.82) is 0 Å². The van der Waals surface area contributed by atoms with Gasteiger partial charge in [-0.15, -0.1) is 0 Å². The number of esters is 1. The molecule has 1 aliphatic heterocycles. The van der Waals surface area contributed by atoms with Gasteiger partial charge in [0.2, 0.25) is 0 Å². The van der Waals surface area contributed by atoms with E-state index in [2.05, 4.69) is 18.2 Å². The van der Waals surface area contributed by atoms with E-state index in [1.165, 1.54) is 5.56 Å². The van der Waals surface area contributed by atoms with Crippen molar-refractivity contribution in [1.82, 2.24) is 0 Å². The smallest absolute Gasteiger partial charge is 0.316 e. The summed E-state index contributed by atoms with van der Waals surface area (Å²) in [6.45, 7) is 0.554. The Morgan fingerprint density at radius 1 is 1.33 bits per heavy atom. The van der Waals surface area contributed by atoms with Crippen molar-refractivity contribution in [2.45, 2.75) is 18.8 Å². The number of methoxy groups -OCH3 is 1. The molecule has 1 aromatic rings. The Hall–Kier alpha value is -1.77. The molecule has 1 saturated heterocycles. The molecule has 2 aliphatic rings. The lowest BCUT2D eigenvalue weighted by Gasteiger charge is -2.18. The van der Waals surface area contributed by atoms with Crippen molar-refractivity contribution < 1.29 is 14.3 Å². The summed E-state index contributed by atoms with van der Waals surface area (Å²) in [6, 6.07) is 8.04. The van der Waals surface area contributed by atoms with E-state index < -0.39 is 0 Å². The van der Waals surface area contributed by atoms with Crippen molar-refractivity contribution in [2.75, 3.05) is 13.7 Å². The normalized spacial score (nSPS) is 29.8. The van der Waals surface area contributed by atoms with Gasteiger partial charge < -0.3 is 9.47 Å². The van der Waals surface area contributed by atoms with E-state index in [4.69, 9.17) is 9.47 Å². The molecule has 3 rings (SSSR count). The molecule has 0 unspecified atom stereocenters. The third kappa shape index (κ3) is 1.70. The van der Waals surface area contributed by atoms with Gasteiger partial charge in [0.25, 0.3) is 0 Å². The number of ether oxygens (including phenoxy) is 2. The van der Waals surface area contributed by atoms with Crippen LogP contribution in [0.25, 0.3) is 0 Å². The van der Waals surface area contributed by atoms with Gasteiger partial charge in [-0.1, -0.05) is 24.3 Å². The van der Waals surface area contributed by atoms with Crippen molar-refractivity contribution in [2.24, 2.45) is 5.41 Å². The molecule has 1 heterocycles. The highest BCUT2D eigenvalue weighted by molar-refractivity contribution is 5.81. The molecule has 0 bridgehead atoms. The van der Waals surface area contributed by atoms with E-state index in [9.17, 15) is 4.79 Å². The van der Waals surface area contributed by atoms with E-state index in [0.717, 1.165) is 18.6 Å². The summed E-state index contributed by atoms with van der Waals surface area (Å²) in [5.74, 6) is 1.10. The number of allylic oxidation sites excluding steroid dienone is 1. The highest BCUT2D eigenvalue weighted by Gasteiger charge is 2.46. The van der Waals surface area contributed by atoms with Crippen LogP contribution in [-0.4, -0.2) is 19.7 Å². The monoisotopic (exact) mass is 244 g/mol. The van der Waals surface area contributed by atoms with Crippen LogP contribution in [0.1, 0.15) is 24.3 Å². The molecular formula is C15H16O3. The number of benzene rings is 1. The van der Waals surface area contributed by atoms with Crippen molar-refractivity contribution in [3.05, 3.63) is 42.0 Å². The standard InChI is InChI=1S/C15H16O3/c1-17-13-4-2-11(3-5-13)12-6-7-15(10-12)8-9-18-14(15)16/h2-7,12H,8-10H2,1H3/t12-,15-/m0/s1. The van der Waals surface area contributed by atoms with Gasteiger partial charge in [-0.05, 0) is 24.1 Å². The van der Waals surface area contributed by atoms with E-state index >= 15 is 0 Å². The van der Waals surface area contributed by atoms with Crippen LogP contribution in [0.4, 0.5) is 0 Å². The molecule has 3 nitrogen and oxygen atoms in total. The molecule has 3 heteroatoms. The Bertz CT molecular complexity index is 489. The second kappa shape index (κ2) is 4.16. The zero-order valence-corrected chi connectivity index (χ0v) is 10.4. The second-order valence-corrected chi connectivity index (χ2v) is 4.98. The lowest BCUT2D eigenvalue weighted by molar-refractivity contribution is -0.144. The zero-order valence-electron chi connectivity index (χ0n) is 10.4. The number of cyclic esters (lactones) is 1. The van der Waals surface area contributed by atoms with Crippen molar-refractivity contribution in [3.8, 4) is 5.75 Å². The van der Waals surface area contributed by atoms with Crippen LogP contribution in [0.3, 0.4) is 0 Å². The second-order valence-electron chi connectivity index (χ2n) is 4.98. The number of carbonyl (C=O) groups excluding carboxylic acids is 1. The van der Waals surface area contributed by atoms with Crippen molar-refractivity contribution in [3.63, 3.8) is 0 Å². The molecule has 0 radical (unpaired) electrons. The number of hydrogen-bond donors (Lipinski definition) is 0. The molecule has 1 aliphatic carbocycles. The topological polar surface area (TPSA) is 35.5 Å². The molecule has 0 amide bonds. The molecule has 1 aromatic carbocycles. The highest BCUT2D eigenvalue weighted by Crippen LogP contribution is 2.46. The Balaban J connectivity index is 1.79. The SMILES string of the molecule is COc1ccc([C@H]2C=C[C@]3(CCOC3=O)C2)cc1. The van der Waals surface area contributed by atoms with Crippen LogP contribution in [0, 0.1) is 5.41 Å². The van der Waals surface area contributed by atoms with Gasteiger partial charge in [0, 0.05) is 12.3 Å². The molecule has 2 atom stereocenters. The molecule has 1 spiro atoms. The first-order valence-electron chi connectivity index (χ1n) is 6.24. The summed E-state index contributed by atoms with van der Waals surface area (Å²) in [5.41, 5.74) is 0.869. The maximum Gasteiger partial charge on any atom is 0.316 e. The molecule has 0 aromatic heterocycles. The van der Waals surface area contributed by atoms with Gasteiger partial charge in [0.1, 0.15) is 5.75 Å². The molecular weight excluding hydrogens is 228 g/mol. The van der Waals surface area contributed by atoms with Crippen LogP contribution in [0.5, 0.6) is 5.75 Å². The Morgan fingerprint density at radius 2 is 2.11 bits per heavy atom. The summed E-state index contributed by atoms with van der Waals surface area (Å²) in [6.07, 6.45) is 5.82. The van der Waals surface area contributed by atoms with Crippen LogP contribution in [-0.2, 0) is 9.53 Å². The van der Waals surface area contributed by atoms with Gasteiger partial charge in [-0.3, -0.25) is 4.79 Å². The molecule has 18 heavy (non-hydrogen) atoms. The average Bonchev–Trinajstić information content (AvgIpc) is 2.99. The lowest BCUT2D eigenvalue weighted by Crippen LogP contribution is -2.22. The fourth-order valence-corrected chi connectivity index (χ4v) is 2.82. The van der Waals surface area contributed by atoms with Crippen molar-refractivity contribution >= 4 is 5.97 Å². The summed E-state index contributed by atoms with van der Waals surface area (Å²) in [5, 5.41) is 0. The van der Waals surface area contributed by atoms with Gasteiger partial charge in [0.15, 0.2) is 0 Å². The summed E-state index contributed by atoms with van der Waals surface area (Å²) < 4.78 is 10.3. The zero-order chi connectivity index (χ0) is 12.6. The minimum Gasteiger partial charge on any atom is -0.497 e. The Labute approximate surface area is 106 Å². The third-order valence-electron chi connectivity index (χ3n) is 3.96. The highest BCUT2D eigenvalue weighted by atomic mass is 16.5. The first kappa shape index (κ1) is 11.3. The minimum atomic E-state index is -0.357. The van der Waals surface area contributed by atoms with E-state index in [1.807, 2.05) is 18.2 Å². The lowest BCUT2D eigenvalue weighted by atomic mass is 9.82. The summed E-state index contributed by atoms with van der Waals surface area (Å²) in [4.78, 5) is 11.8.